The van der Waals surface area contributed by atoms with Gasteiger partial charge in [-0.05, 0) is 42.5 Å². The number of rotatable bonds is 7. The van der Waals surface area contributed by atoms with Crippen molar-refractivity contribution in [3.05, 3.63) is 83.7 Å². The van der Waals surface area contributed by atoms with Gasteiger partial charge in [-0.2, -0.15) is 0 Å². The molecule has 0 aliphatic carbocycles. The zero-order valence-electron chi connectivity index (χ0n) is 16.3. The Bertz CT molecular complexity index is 1160. The van der Waals surface area contributed by atoms with Gasteiger partial charge in [0.1, 0.15) is 29.7 Å². The van der Waals surface area contributed by atoms with E-state index >= 15 is 0 Å². The molecule has 0 aliphatic heterocycles. The normalized spacial score (nSPS) is 11.0. The molecule has 0 spiro atoms. The maximum atomic E-state index is 13.8. The number of carbonyl (C=O) groups excluding carboxylic acids is 1. The van der Waals surface area contributed by atoms with Gasteiger partial charge in [-0.15, -0.1) is 0 Å². The third-order valence-corrected chi connectivity index (χ3v) is 5.27. The molecule has 0 amide bonds. The fraction of sp³-hybridized carbons (Fsp3) is 0.136. The van der Waals surface area contributed by atoms with Gasteiger partial charge in [0, 0.05) is 17.9 Å². The minimum Gasteiger partial charge on any atom is -0.489 e. The van der Waals surface area contributed by atoms with Gasteiger partial charge < -0.3 is 14.2 Å². The van der Waals surface area contributed by atoms with Crippen molar-refractivity contribution in [3.8, 4) is 17.2 Å². The van der Waals surface area contributed by atoms with Crippen molar-refractivity contribution < 1.29 is 31.8 Å². The highest BCUT2D eigenvalue weighted by atomic mass is 32.2. The van der Waals surface area contributed by atoms with Crippen LogP contribution in [0.3, 0.4) is 0 Å². The fourth-order valence-electron chi connectivity index (χ4n) is 2.62. The molecule has 0 fully saturated rings. The molecule has 8 heteroatoms. The van der Waals surface area contributed by atoms with E-state index in [0.717, 1.165) is 6.26 Å². The number of esters is 1. The largest absolute Gasteiger partial charge is 0.489 e. The predicted molar refractivity (Wildman–Crippen MR) is 108 cm³/mol. The Morgan fingerprint density at radius 2 is 1.60 bits per heavy atom. The maximum Gasteiger partial charge on any atom is 0.338 e. The monoisotopic (exact) mass is 430 g/mol. The van der Waals surface area contributed by atoms with E-state index in [1.807, 2.05) is 0 Å². The summed E-state index contributed by atoms with van der Waals surface area (Å²) in [5.41, 5.74) is 0.547. The first-order chi connectivity index (χ1) is 14.3. The Kier molecular flexibility index (Phi) is 6.37. The summed E-state index contributed by atoms with van der Waals surface area (Å²) in [6, 6.07) is 16.5. The summed E-state index contributed by atoms with van der Waals surface area (Å²) in [6.45, 7) is -0.0419. The summed E-state index contributed by atoms with van der Waals surface area (Å²) in [5.74, 6) is -0.0744. The minimum absolute atomic E-state index is 0.0419. The molecular weight excluding hydrogens is 411 g/mol. The smallest absolute Gasteiger partial charge is 0.338 e. The van der Waals surface area contributed by atoms with Crippen LogP contribution < -0.4 is 9.47 Å². The van der Waals surface area contributed by atoms with Crippen molar-refractivity contribution in [1.82, 2.24) is 0 Å². The molecule has 0 aromatic heterocycles. The van der Waals surface area contributed by atoms with Gasteiger partial charge in [0.25, 0.3) is 0 Å². The van der Waals surface area contributed by atoms with Crippen LogP contribution in [0.5, 0.6) is 17.2 Å². The van der Waals surface area contributed by atoms with E-state index in [1.54, 1.807) is 18.2 Å². The number of ether oxygens (including phenoxy) is 3. The highest BCUT2D eigenvalue weighted by molar-refractivity contribution is 7.90. The van der Waals surface area contributed by atoms with E-state index in [4.69, 9.17) is 14.2 Å². The molecule has 0 heterocycles. The standard InChI is InChI=1S/C22H19FO6S/c1-27-22(24)16-11-18(28-14-15-5-3-4-6-21(15)23)13-19(12-16)29-17-7-9-20(10-8-17)30(2,25)26/h3-13H,14H2,1-2H3. The van der Waals surface area contributed by atoms with Crippen molar-refractivity contribution in [2.45, 2.75) is 11.5 Å². The quantitative estimate of drug-likeness (QED) is 0.518. The number of hydrogen-bond donors (Lipinski definition) is 0. The second kappa shape index (κ2) is 8.96. The summed E-state index contributed by atoms with van der Waals surface area (Å²) in [6.07, 6.45) is 1.11. The summed E-state index contributed by atoms with van der Waals surface area (Å²) in [4.78, 5) is 12.2. The lowest BCUT2D eigenvalue weighted by Crippen LogP contribution is -2.04. The van der Waals surface area contributed by atoms with E-state index in [9.17, 15) is 17.6 Å². The zero-order chi connectivity index (χ0) is 21.7. The van der Waals surface area contributed by atoms with Crippen LogP contribution in [0.25, 0.3) is 0 Å². The average molecular weight is 430 g/mol. The third kappa shape index (κ3) is 5.36. The maximum absolute atomic E-state index is 13.8. The zero-order valence-corrected chi connectivity index (χ0v) is 17.1. The summed E-state index contributed by atoms with van der Waals surface area (Å²) >= 11 is 0. The third-order valence-electron chi connectivity index (χ3n) is 4.14. The van der Waals surface area contributed by atoms with E-state index in [-0.39, 0.29) is 28.6 Å². The van der Waals surface area contributed by atoms with Crippen molar-refractivity contribution in [2.75, 3.05) is 13.4 Å². The first-order valence-corrected chi connectivity index (χ1v) is 10.7. The molecule has 3 aromatic carbocycles. The molecule has 3 rings (SSSR count). The summed E-state index contributed by atoms with van der Waals surface area (Å²) in [7, 11) is -2.08. The first kappa shape index (κ1) is 21.3. The van der Waals surface area contributed by atoms with Crippen LogP contribution in [-0.2, 0) is 21.2 Å². The predicted octanol–water partition coefficient (Wildman–Crippen LogP) is 4.39. The lowest BCUT2D eigenvalue weighted by atomic mass is 10.2. The highest BCUT2D eigenvalue weighted by Crippen LogP contribution is 2.29. The Balaban J connectivity index is 1.85. The van der Waals surface area contributed by atoms with Crippen molar-refractivity contribution >= 4 is 15.8 Å². The lowest BCUT2D eigenvalue weighted by molar-refractivity contribution is 0.0599. The van der Waals surface area contributed by atoms with Gasteiger partial charge >= 0.3 is 5.97 Å². The summed E-state index contributed by atoms with van der Waals surface area (Å²) in [5, 5.41) is 0. The molecule has 0 atom stereocenters. The number of methoxy groups -OCH3 is 1. The number of benzene rings is 3. The Morgan fingerprint density at radius 1 is 0.933 bits per heavy atom. The minimum atomic E-state index is -3.33. The molecule has 3 aromatic rings. The Hall–Kier alpha value is -3.39. The molecule has 0 unspecified atom stereocenters. The molecule has 0 saturated carbocycles. The van der Waals surface area contributed by atoms with E-state index in [2.05, 4.69) is 0 Å². The van der Waals surface area contributed by atoms with Gasteiger partial charge in [0.2, 0.25) is 0 Å². The number of hydrogen-bond acceptors (Lipinski definition) is 6. The first-order valence-electron chi connectivity index (χ1n) is 8.84. The Morgan fingerprint density at radius 3 is 2.23 bits per heavy atom. The molecule has 0 radical (unpaired) electrons. The van der Waals surface area contributed by atoms with E-state index < -0.39 is 21.6 Å². The molecule has 0 aliphatic rings. The molecule has 156 valence electrons. The number of carbonyl (C=O) groups is 1. The van der Waals surface area contributed by atoms with Crippen LogP contribution in [0.15, 0.2) is 71.6 Å². The fourth-order valence-corrected chi connectivity index (χ4v) is 3.25. The van der Waals surface area contributed by atoms with Crippen LogP contribution >= 0.6 is 0 Å². The van der Waals surface area contributed by atoms with Gasteiger partial charge in [-0.3, -0.25) is 0 Å². The van der Waals surface area contributed by atoms with Crippen molar-refractivity contribution in [2.24, 2.45) is 0 Å². The van der Waals surface area contributed by atoms with Gasteiger partial charge in [-0.25, -0.2) is 17.6 Å². The van der Waals surface area contributed by atoms with Gasteiger partial charge in [-0.1, -0.05) is 18.2 Å². The molecule has 0 bridgehead atoms. The van der Waals surface area contributed by atoms with Gasteiger partial charge in [0.15, 0.2) is 9.84 Å². The average Bonchev–Trinajstić information content (AvgIpc) is 2.72. The number of sulfone groups is 1. The molecule has 0 saturated heterocycles. The summed E-state index contributed by atoms with van der Waals surface area (Å²) < 4.78 is 53.1. The Labute approximate surface area is 173 Å². The van der Waals surface area contributed by atoms with Gasteiger partial charge in [0.05, 0.1) is 17.6 Å². The highest BCUT2D eigenvalue weighted by Gasteiger charge is 2.13. The topological polar surface area (TPSA) is 78.9 Å². The van der Waals surface area contributed by atoms with E-state index in [0.29, 0.717) is 11.3 Å². The van der Waals surface area contributed by atoms with Crippen LogP contribution in [0.1, 0.15) is 15.9 Å². The lowest BCUT2D eigenvalue weighted by Gasteiger charge is -2.12. The van der Waals surface area contributed by atoms with E-state index in [1.165, 1.54) is 55.6 Å². The second-order valence-corrected chi connectivity index (χ2v) is 8.43. The number of halogens is 1. The van der Waals surface area contributed by atoms with Crippen LogP contribution in [-0.4, -0.2) is 27.8 Å². The molecular formula is C22H19FO6S. The molecule has 6 nitrogen and oxygen atoms in total. The van der Waals surface area contributed by atoms with Crippen LogP contribution in [0, 0.1) is 5.82 Å². The SMILES string of the molecule is COC(=O)c1cc(OCc2ccccc2F)cc(Oc2ccc(S(C)(=O)=O)cc2)c1. The molecule has 0 N–H and O–H groups in total. The van der Waals surface area contributed by atoms with Crippen LogP contribution in [0.2, 0.25) is 0 Å². The second-order valence-electron chi connectivity index (χ2n) is 6.41. The van der Waals surface area contributed by atoms with Crippen molar-refractivity contribution in [3.63, 3.8) is 0 Å². The molecule has 30 heavy (non-hydrogen) atoms. The van der Waals surface area contributed by atoms with Crippen molar-refractivity contribution in [1.29, 1.82) is 0 Å². The van der Waals surface area contributed by atoms with Crippen LogP contribution in [0.4, 0.5) is 4.39 Å².